The monoisotopic (exact) mass is 281 g/mol. The van der Waals surface area contributed by atoms with Crippen LogP contribution in [0.4, 0.5) is 0 Å². The molecule has 2 atom stereocenters. The molecular weight excluding hydrogens is 254 g/mol. The number of amides is 2. The van der Waals surface area contributed by atoms with Gasteiger partial charge in [0.15, 0.2) is 0 Å². The minimum atomic E-state index is -0.192. The number of carbonyl (C=O) groups excluding carboxylic acids is 2. The summed E-state index contributed by atoms with van der Waals surface area (Å²) < 4.78 is 0. The van der Waals surface area contributed by atoms with Crippen molar-refractivity contribution in [1.82, 2.24) is 15.1 Å². The van der Waals surface area contributed by atoms with Crippen LogP contribution in [0.25, 0.3) is 0 Å². The molecule has 2 rings (SSSR count). The maximum atomic E-state index is 12.6. The van der Waals surface area contributed by atoms with Crippen LogP contribution >= 0.6 is 0 Å². The summed E-state index contributed by atoms with van der Waals surface area (Å²) >= 11 is 0. The molecule has 0 aromatic rings. The predicted molar refractivity (Wildman–Crippen MR) is 78.3 cm³/mol. The fourth-order valence-corrected chi connectivity index (χ4v) is 3.38. The van der Waals surface area contributed by atoms with Gasteiger partial charge in [0.05, 0.1) is 0 Å². The van der Waals surface area contributed by atoms with Crippen LogP contribution in [0.2, 0.25) is 0 Å². The summed E-state index contributed by atoms with van der Waals surface area (Å²) in [6.45, 7) is 5.41. The molecule has 2 heterocycles. The first-order valence-electron chi connectivity index (χ1n) is 7.90. The number of hydrogen-bond acceptors (Lipinski definition) is 3. The van der Waals surface area contributed by atoms with Crippen molar-refractivity contribution >= 4 is 11.8 Å². The Labute approximate surface area is 121 Å². The van der Waals surface area contributed by atoms with Crippen LogP contribution in [0.5, 0.6) is 0 Å². The Kier molecular flexibility index (Phi) is 5.40. The van der Waals surface area contributed by atoms with E-state index in [9.17, 15) is 9.59 Å². The van der Waals surface area contributed by atoms with E-state index in [1.165, 1.54) is 0 Å². The van der Waals surface area contributed by atoms with Gasteiger partial charge in [0.1, 0.15) is 6.04 Å². The molecule has 2 unspecified atom stereocenters. The number of nitrogens with zero attached hydrogens (tertiary/aromatic N) is 2. The van der Waals surface area contributed by atoms with Gasteiger partial charge in [-0.2, -0.15) is 0 Å². The van der Waals surface area contributed by atoms with Gasteiger partial charge in [-0.05, 0) is 45.2 Å². The Balaban J connectivity index is 1.93. The summed E-state index contributed by atoms with van der Waals surface area (Å²) in [4.78, 5) is 28.5. The minimum absolute atomic E-state index is 0.148. The third-order valence-electron chi connectivity index (χ3n) is 4.41. The van der Waals surface area contributed by atoms with Crippen LogP contribution in [-0.4, -0.2) is 60.9 Å². The maximum Gasteiger partial charge on any atom is 0.245 e. The number of nitrogens with one attached hydrogen (secondary N) is 1. The zero-order valence-corrected chi connectivity index (χ0v) is 12.7. The van der Waals surface area contributed by atoms with Crippen molar-refractivity contribution in [3.05, 3.63) is 0 Å². The molecule has 0 radical (unpaired) electrons. The molecule has 2 aliphatic heterocycles. The summed E-state index contributed by atoms with van der Waals surface area (Å²) in [7, 11) is 1.95. The van der Waals surface area contributed by atoms with Crippen molar-refractivity contribution in [3.8, 4) is 0 Å². The second kappa shape index (κ2) is 7.07. The first kappa shape index (κ1) is 15.3. The van der Waals surface area contributed by atoms with Crippen LogP contribution < -0.4 is 5.32 Å². The van der Waals surface area contributed by atoms with Crippen LogP contribution in [0.1, 0.15) is 39.0 Å². The minimum Gasteiger partial charge on any atom is -0.341 e. The number of likely N-dealkylation sites (tertiary alicyclic amines) is 2. The van der Waals surface area contributed by atoms with E-state index in [4.69, 9.17) is 0 Å². The van der Waals surface area contributed by atoms with Gasteiger partial charge in [-0.1, -0.05) is 6.92 Å². The Hall–Kier alpha value is -1.10. The Morgan fingerprint density at radius 2 is 2.05 bits per heavy atom. The zero-order chi connectivity index (χ0) is 14.5. The van der Waals surface area contributed by atoms with Gasteiger partial charge < -0.3 is 15.1 Å². The third-order valence-corrected chi connectivity index (χ3v) is 4.41. The van der Waals surface area contributed by atoms with E-state index in [0.717, 1.165) is 51.9 Å². The molecule has 20 heavy (non-hydrogen) atoms. The van der Waals surface area contributed by atoms with E-state index in [1.807, 2.05) is 23.8 Å². The summed E-state index contributed by atoms with van der Waals surface area (Å²) in [5, 5.41) is 3.18. The van der Waals surface area contributed by atoms with Crippen molar-refractivity contribution in [2.45, 2.75) is 45.1 Å². The summed E-state index contributed by atoms with van der Waals surface area (Å²) in [5.74, 6) is 0.880. The fourth-order valence-electron chi connectivity index (χ4n) is 3.38. The molecule has 5 nitrogen and oxygen atoms in total. The molecule has 0 aliphatic carbocycles. The first-order chi connectivity index (χ1) is 9.67. The largest absolute Gasteiger partial charge is 0.341 e. The first-order valence-corrected chi connectivity index (χ1v) is 7.90. The Morgan fingerprint density at radius 3 is 2.75 bits per heavy atom. The average Bonchev–Trinajstić information content (AvgIpc) is 3.07. The smallest absolute Gasteiger partial charge is 0.245 e. The second-order valence-electron chi connectivity index (χ2n) is 5.99. The van der Waals surface area contributed by atoms with Crippen molar-refractivity contribution < 1.29 is 9.59 Å². The highest BCUT2D eigenvalue weighted by atomic mass is 16.2. The van der Waals surface area contributed by atoms with Crippen LogP contribution in [0.15, 0.2) is 0 Å². The van der Waals surface area contributed by atoms with Gasteiger partial charge >= 0.3 is 0 Å². The van der Waals surface area contributed by atoms with Crippen LogP contribution in [0, 0.1) is 5.92 Å². The van der Waals surface area contributed by atoms with E-state index in [0.29, 0.717) is 12.3 Å². The van der Waals surface area contributed by atoms with E-state index >= 15 is 0 Å². The van der Waals surface area contributed by atoms with E-state index in [2.05, 4.69) is 5.32 Å². The summed E-state index contributed by atoms with van der Waals surface area (Å²) in [6, 6.07) is -0.192. The lowest BCUT2D eigenvalue weighted by Gasteiger charge is -2.28. The normalized spacial score (nSPS) is 26.3. The summed E-state index contributed by atoms with van der Waals surface area (Å²) in [6.07, 6.45) is 4.28. The molecule has 2 fully saturated rings. The van der Waals surface area contributed by atoms with Crippen molar-refractivity contribution in [2.75, 3.05) is 33.2 Å². The quantitative estimate of drug-likeness (QED) is 0.812. The van der Waals surface area contributed by atoms with Gasteiger partial charge in [0.25, 0.3) is 0 Å². The molecule has 114 valence electrons. The molecular formula is C15H27N3O2. The lowest BCUT2D eigenvalue weighted by molar-refractivity contribution is -0.143. The Morgan fingerprint density at radius 1 is 1.25 bits per heavy atom. The molecule has 0 saturated carbocycles. The molecule has 2 saturated heterocycles. The topological polar surface area (TPSA) is 52.7 Å². The highest BCUT2D eigenvalue weighted by Crippen LogP contribution is 2.24. The Bertz CT molecular complexity index is 359. The van der Waals surface area contributed by atoms with E-state index < -0.39 is 0 Å². The van der Waals surface area contributed by atoms with Crippen LogP contribution in [-0.2, 0) is 9.59 Å². The lowest BCUT2D eigenvalue weighted by Crippen LogP contribution is -2.47. The van der Waals surface area contributed by atoms with Gasteiger partial charge in [0.2, 0.25) is 11.8 Å². The lowest BCUT2D eigenvalue weighted by atomic mass is 10.1. The predicted octanol–water partition coefficient (Wildman–Crippen LogP) is 0.845. The third kappa shape index (κ3) is 3.32. The number of rotatable bonds is 5. The average molecular weight is 281 g/mol. The van der Waals surface area contributed by atoms with Gasteiger partial charge in [-0.3, -0.25) is 9.59 Å². The molecule has 2 aliphatic rings. The highest BCUT2D eigenvalue weighted by Gasteiger charge is 2.38. The van der Waals surface area contributed by atoms with Crippen molar-refractivity contribution in [1.29, 1.82) is 0 Å². The fraction of sp³-hybridized carbons (Fsp3) is 0.867. The molecule has 5 heteroatoms. The second-order valence-corrected chi connectivity index (χ2v) is 5.99. The molecule has 2 amide bonds. The molecule has 0 spiro atoms. The van der Waals surface area contributed by atoms with Gasteiger partial charge in [-0.15, -0.1) is 0 Å². The highest BCUT2D eigenvalue weighted by molar-refractivity contribution is 5.88. The molecule has 0 aromatic heterocycles. The molecule has 0 bridgehead atoms. The maximum absolute atomic E-state index is 12.6. The molecule has 1 N–H and O–H groups in total. The van der Waals surface area contributed by atoms with Gasteiger partial charge in [0, 0.05) is 26.1 Å². The molecule has 0 aromatic carbocycles. The van der Waals surface area contributed by atoms with Crippen molar-refractivity contribution in [2.24, 2.45) is 5.92 Å². The number of carbonyl (C=O) groups is 2. The van der Waals surface area contributed by atoms with E-state index in [-0.39, 0.29) is 17.9 Å². The van der Waals surface area contributed by atoms with Gasteiger partial charge in [-0.25, -0.2) is 0 Å². The van der Waals surface area contributed by atoms with Crippen molar-refractivity contribution in [3.63, 3.8) is 0 Å². The standard InChI is InChI=1S/C15H27N3O2/c1-3-5-14(19)18-8-4-6-13(18)15(20)17-9-7-12(11-17)10-16-2/h12-13,16H,3-11H2,1-2H3. The van der Waals surface area contributed by atoms with Crippen LogP contribution in [0.3, 0.4) is 0 Å². The van der Waals surface area contributed by atoms with E-state index in [1.54, 1.807) is 0 Å². The SMILES string of the molecule is CCCC(=O)N1CCCC1C(=O)N1CCC(CNC)C1. The summed E-state index contributed by atoms with van der Waals surface area (Å²) in [5.41, 5.74) is 0. The number of hydrogen-bond donors (Lipinski definition) is 1. The zero-order valence-electron chi connectivity index (χ0n) is 12.7.